The van der Waals surface area contributed by atoms with Crippen LogP contribution in [0.2, 0.25) is 0 Å². The first-order valence-electron chi connectivity index (χ1n) is 8.79. The molecule has 0 spiro atoms. The number of likely N-dealkylation sites (tertiary alicyclic amines) is 1. The topological polar surface area (TPSA) is 70.4 Å². The van der Waals surface area contributed by atoms with Crippen LogP contribution in [0.25, 0.3) is 0 Å². The average Bonchev–Trinajstić information content (AvgIpc) is 2.96. The number of nitrogens with zero attached hydrogens (tertiary/aromatic N) is 5. The first-order chi connectivity index (χ1) is 11.2. The lowest BCUT2D eigenvalue weighted by Crippen LogP contribution is -2.41. The van der Waals surface area contributed by atoms with Crippen molar-refractivity contribution in [3.63, 3.8) is 0 Å². The quantitative estimate of drug-likeness (QED) is 0.287. The summed E-state index contributed by atoms with van der Waals surface area (Å²) in [4.78, 5) is 11.4. The van der Waals surface area contributed by atoms with Gasteiger partial charge in [0.2, 0.25) is 0 Å². The average molecular weight is 449 g/mol. The third-order valence-electron chi connectivity index (χ3n) is 4.38. The van der Waals surface area contributed by atoms with E-state index in [1.165, 1.54) is 25.8 Å². The van der Waals surface area contributed by atoms with Crippen molar-refractivity contribution in [1.82, 2.24) is 30.3 Å². The minimum absolute atomic E-state index is 0. The molecule has 2 heterocycles. The molecule has 1 aromatic rings. The molecule has 0 aliphatic carbocycles. The summed E-state index contributed by atoms with van der Waals surface area (Å²) in [6, 6.07) is 0.738. The molecule has 1 saturated heterocycles. The Morgan fingerprint density at radius 3 is 2.88 bits per heavy atom. The van der Waals surface area contributed by atoms with Crippen molar-refractivity contribution in [2.75, 3.05) is 26.2 Å². The Kier molecular flexibility index (Phi) is 10.2. The molecular weight excluding hydrogens is 417 g/mol. The van der Waals surface area contributed by atoms with Crippen LogP contribution in [0.4, 0.5) is 0 Å². The Bertz CT molecular complexity index is 489. The van der Waals surface area contributed by atoms with E-state index in [0.29, 0.717) is 6.54 Å². The minimum Gasteiger partial charge on any atom is -0.357 e. The molecule has 0 aromatic carbocycles. The normalized spacial score (nSPS) is 19.0. The van der Waals surface area contributed by atoms with Gasteiger partial charge in [0.25, 0.3) is 0 Å². The number of hydrogen-bond donors (Lipinski definition) is 2. The van der Waals surface area contributed by atoms with Crippen molar-refractivity contribution in [3.05, 3.63) is 12.2 Å². The third kappa shape index (κ3) is 6.92. The van der Waals surface area contributed by atoms with Crippen LogP contribution in [-0.4, -0.2) is 57.8 Å². The van der Waals surface area contributed by atoms with Gasteiger partial charge in [-0.25, -0.2) is 9.98 Å². The number of piperidine rings is 1. The Morgan fingerprint density at radius 2 is 2.21 bits per heavy atom. The van der Waals surface area contributed by atoms with Crippen LogP contribution in [0, 0.1) is 0 Å². The fourth-order valence-electron chi connectivity index (χ4n) is 2.93. The highest BCUT2D eigenvalue weighted by Crippen LogP contribution is 2.15. The summed E-state index contributed by atoms with van der Waals surface area (Å²) in [6.45, 7) is 9.17. The summed E-state index contributed by atoms with van der Waals surface area (Å²) in [5.74, 6) is 1.71. The summed E-state index contributed by atoms with van der Waals surface area (Å²) in [7, 11) is 1.89. The van der Waals surface area contributed by atoms with Gasteiger partial charge in [0.15, 0.2) is 5.96 Å². The molecule has 7 nitrogen and oxygen atoms in total. The van der Waals surface area contributed by atoms with Crippen molar-refractivity contribution < 1.29 is 0 Å². The zero-order valence-corrected chi connectivity index (χ0v) is 17.5. The fraction of sp³-hybridized carbons (Fsp3) is 0.812. The maximum absolute atomic E-state index is 4.57. The van der Waals surface area contributed by atoms with E-state index in [2.05, 4.69) is 44.5 Å². The van der Waals surface area contributed by atoms with Gasteiger partial charge in [0.1, 0.15) is 18.7 Å². The molecule has 0 saturated carbocycles. The zero-order valence-electron chi connectivity index (χ0n) is 15.2. The molecule has 24 heavy (non-hydrogen) atoms. The molecule has 138 valence electrons. The first kappa shape index (κ1) is 21.1. The maximum atomic E-state index is 4.57. The Balaban J connectivity index is 0.00000288. The monoisotopic (exact) mass is 449 g/mol. The summed E-state index contributed by atoms with van der Waals surface area (Å²) in [5.41, 5.74) is 0. The molecule has 2 N–H and O–H groups in total. The van der Waals surface area contributed by atoms with E-state index in [1.807, 2.05) is 7.05 Å². The van der Waals surface area contributed by atoms with Gasteiger partial charge < -0.3 is 15.5 Å². The maximum Gasteiger partial charge on any atom is 0.191 e. The van der Waals surface area contributed by atoms with Gasteiger partial charge in [-0.3, -0.25) is 4.68 Å². The molecule has 0 amide bonds. The Morgan fingerprint density at radius 1 is 1.38 bits per heavy atom. The molecular formula is C16H32IN7. The largest absolute Gasteiger partial charge is 0.357 e. The van der Waals surface area contributed by atoms with Crippen LogP contribution in [0.1, 0.15) is 45.4 Å². The summed E-state index contributed by atoms with van der Waals surface area (Å²) < 4.78 is 1.75. The SMILES string of the molecule is CCNC(=NCc1ncnn1C)NCCCN1CCCCC1C.I. The Hall–Kier alpha value is -0.900. The third-order valence-corrected chi connectivity index (χ3v) is 4.38. The van der Waals surface area contributed by atoms with E-state index < -0.39 is 0 Å². The van der Waals surface area contributed by atoms with Crippen molar-refractivity contribution >= 4 is 29.9 Å². The van der Waals surface area contributed by atoms with Crippen LogP contribution in [-0.2, 0) is 13.6 Å². The number of aryl methyl sites for hydroxylation is 1. The van der Waals surface area contributed by atoms with Gasteiger partial charge in [-0.2, -0.15) is 5.10 Å². The van der Waals surface area contributed by atoms with Crippen molar-refractivity contribution in [3.8, 4) is 0 Å². The van der Waals surface area contributed by atoms with Gasteiger partial charge in [0.05, 0.1) is 0 Å². The lowest BCUT2D eigenvalue weighted by molar-refractivity contribution is 0.159. The van der Waals surface area contributed by atoms with E-state index >= 15 is 0 Å². The van der Waals surface area contributed by atoms with E-state index in [9.17, 15) is 0 Å². The van der Waals surface area contributed by atoms with Crippen molar-refractivity contribution in [1.29, 1.82) is 0 Å². The highest BCUT2D eigenvalue weighted by Gasteiger charge is 2.17. The van der Waals surface area contributed by atoms with E-state index in [1.54, 1.807) is 11.0 Å². The first-order valence-corrected chi connectivity index (χ1v) is 8.79. The molecule has 1 fully saturated rings. The van der Waals surface area contributed by atoms with Gasteiger partial charge in [-0.15, -0.1) is 24.0 Å². The summed E-state index contributed by atoms with van der Waals surface area (Å²) in [5, 5.41) is 10.8. The van der Waals surface area contributed by atoms with Gasteiger partial charge in [0, 0.05) is 32.7 Å². The van der Waals surface area contributed by atoms with Crippen LogP contribution in [0.3, 0.4) is 0 Å². The van der Waals surface area contributed by atoms with Crippen LogP contribution in [0.15, 0.2) is 11.3 Å². The predicted octanol–water partition coefficient (Wildman–Crippen LogP) is 1.75. The molecule has 1 aliphatic rings. The lowest BCUT2D eigenvalue weighted by Gasteiger charge is -2.33. The Labute approximate surface area is 162 Å². The molecule has 0 bridgehead atoms. The number of rotatable bonds is 7. The van der Waals surface area contributed by atoms with Crippen LogP contribution < -0.4 is 10.6 Å². The smallest absolute Gasteiger partial charge is 0.191 e. The second-order valence-electron chi connectivity index (χ2n) is 6.16. The second kappa shape index (κ2) is 11.6. The minimum atomic E-state index is 0. The number of halogens is 1. The zero-order chi connectivity index (χ0) is 16.5. The summed E-state index contributed by atoms with van der Waals surface area (Å²) >= 11 is 0. The highest BCUT2D eigenvalue weighted by atomic mass is 127. The number of aromatic nitrogens is 3. The standard InChI is InChI=1S/C16H31N7.HI/c1-4-17-16(19-12-15-20-13-21-22(15)3)18-9-7-11-23-10-6-5-8-14(23)2;/h13-14H,4-12H2,1-3H3,(H2,17,18,19);1H. The van der Waals surface area contributed by atoms with Gasteiger partial charge in [-0.1, -0.05) is 6.42 Å². The number of guanidine groups is 1. The van der Waals surface area contributed by atoms with Crippen molar-refractivity contribution in [2.45, 2.75) is 52.1 Å². The molecule has 2 rings (SSSR count). The van der Waals surface area contributed by atoms with Gasteiger partial charge in [-0.05, 0) is 39.7 Å². The van der Waals surface area contributed by atoms with E-state index in [0.717, 1.165) is 43.9 Å². The van der Waals surface area contributed by atoms with E-state index in [-0.39, 0.29) is 24.0 Å². The molecule has 8 heteroatoms. The lowest BCUT2D eigenvalue weighted by atomic mass is 10.0. The molecule has 1 unspecified atom stereocenters. The predicted molar refractivity (Wildman–Crippen MR) is 109 cm³/mol. The summed E-state index contributed by atoms with van der Waals surface area (Å²) in [6.07, 6.45) is 6.77. The molecule has 1 atom stereocenters. The number of nitrogens with one attached hydrogen (secondary N) is 2. The van der Waals surface area contributed by atoms with E-state index in [4.69, 9.17) is 0 Å². The molecule has 0 radical (unpaired) electrons. The number of aliphatic imine (C=N–C) groups is 1. The number of hydrogen-bond acceptors (Lipinski definition) is 4. The second-order valence-corrected chi connectivity index (χ2v) is 6.16. The molecule has 1 aromatic heterocycles. The fourth-order valence-corrected chi connectivity index (χ4v) is 2.93. The van der Waals surface area contributed by atoms with Crippen LogP contribution >= 0.6 is 24.0 Å². The highest BCUT2D eigenvalue weighted by molar-refractivity contribution is 14.0. The van der Waals surface area contributed by atoms with Gasteiger partial charge >= 0.3 is 0 Å². The molecule has 1 aliphatic heterocycles. The van der Waals surface area contributed by atoms with Crippen molar-refractivity contribution in [2.24, 2.45) is 12.0 Å². The van der Waals surface area contributed by atoms with Crippen LogP contribution in [0.5, 0.6) is 0 Å².